The summed E-state index contributed by atoms with van der Waals surface area (Å²) in [6.45, 7) is 4.42. The second-order valence-electron chi connectivity index (χ2n) is 7.38. The van der Waals surface area contributed by atoms with Crippen LogP contribution in [0, 0.1) is 0 Å². The molecule has 0 bridgehead atoms. The number of rotatable bonds is 7. The third kappa shape index (κ3) is 4.51. The molecule has 158 valence electrons. The predicted octanol–water partition coefficient (Wildman–Crippen LogP) is 1.03. The first-order valence-corrected chi connectivity index (χ1v) is 12.6. The monoisotopic (exact) mass is 439 g/mol. The average molecular weight is 440 g/mol. The maximum atomic E-state index is 12.6. The third-order valence-corrected chi connectivity index (χ3v) is 8.07. The zero-order valence-corrected chi connectivity index (χ0v) is 17.9. The zero-order chi connectivity index (χ0) is 20.4. The first kappa shape index (κ1) is 20.4. The van der Waals surface area contributed by atoms with E-state index < -0.39 is 9.84 Å². The molecule has 2 saturated heterocycles. The van der Waals surface area contributed by atoms with Crippen LogP contribution in [0.15, 0.2) is 28.0 Å². The number of likely N-dealkylation sites (tertiary alicyclic amines) is 1. The van der Waals surface area contributed by atoms with Crippen molar-refractivity contribution in [3.63, 3.8) is 0 Å². The number of hydrogen-bond donors (Lipinski definition) is 1. The van der Waals surface area contributed by atoms with Gasteiger partial charge in [-0.05, 0) is 45.0 Å². The lowest BCUT2D eigenvalue weighted by Gasteiger charge is -2.28. The van der Waals surface area contributed by atoms with E-state index in [4.69, 9.17) is 4.42 Å². The quantitative estimate of drug-likeness (QED) is 0.637. The molecule has 2 aliphatic rings. The average Bonchev–Trinajstić information content (AvgIpc) is 3.46. The van der Waals surface area contributed by atoms with Crippen LogP contribution in [0.2, 0.25) is 0 Å². The Balaban J connectivity index is 1.39. The summed E-state index contributed by atoms with van der Waals surface area (Å²) >= 11 is 1.29. The molecule has 29 heavy (non-hydrogen) atoms. The molecule has 0 spiro atoms. The Morgan fingerprint density at radius 2 is 2.10 bits per heavy atom. The van der Waals surface area contributed by atoms with Gasteiger partial charge in [-0.2, -0.15) is 0 Å². The highest BCUT2D eigenvalue weighted by atomic mass is 32.2. The fourth-order valence-corrected chi connectivity index (χ4v) is 6.81. The molecule has 2 unspecified atom stereocenters. The number of carbonyl (C=O) groups excluding carboxylic acids is 1. The van der Waals surface area contributed by atoms with E-state index in [9.17, 15) is 13.2 Å². The highest BCUT2D eigenvalue weighted by Crippen LogP contribution is 2.25. The van der Waals surface area contributed by atoms with E-state index in [2.05, 4.69) is 20.4 Å². The van der Waals surface area contributed by atoms with Gasteiger partial charge in [-0.1, -0.05) is 11.8 Å². The summed E-state index contributed by atoms with van der Waals surface area (Å²) in [6.07, 6.45) is 3.74. The van der Waals surface area contributed by atoms with E-state index in [1.807, 2.05) is 17.6 Å². The number of nitrogens with one attached hydrogen (secondary N) is 1. The lowest BCUT2D eigenvalue weighted by molar-refractivity contribution is -0.119. The maximum Gasteiger partial charge on any atom is 0.230 e. The van der Waals surface area contributed by atoms with Crippen LogP contribution in [-0.2, 0) is 21.2 Å². The SMILES string of the molecule is CCn1c(SCC(=O)NC2CS(=O)(=O)CC2N2CCCC2)nnc1-c1ccco1. The summed E-state index contributed by atoms with van der Waals surface area (Å²) in [5.41, 5.74) is 0. The van der Waals surface area contributed by atoms with Crippen molar-refractivity contribution in [2.24, 2.45) is 0 Å². The lowest BCUT2D eigenvalue weighted by Crippen LogP contribution is -2.50. The first-order valence-electron chi connectivity index (χ1n) is 9.80. The molecule has 2 aliphatic heterocycles. The van der Waals surface area contributed by atoms with Crippen LogP contribution in [0.5, 0.6) is 0 Å². The second kappa shape index (κ2) is 8.49. The standard InChI is InChI=1S/C18H25N5O4S2/c1-2-23-17(15-6-5-9-27-15)20-21-18(23)28-10-16(24)19-13-11-29(25,26)12-14(13)22-7-3-4-8-22/h5-6,9,13-14H,2-4,7-8,10-12H2,1H3,(H,19,24). The van der Waals surface area contributed by atoms with Crippen LogP contribution in [-0.4, -0.2) is 76.4 Å². The number of aromatic nitrogens is 3. The largest absolute Gasteiger partial charge is 0.461 e. The molecule has 0 aliphatic carbocycles. The summed E-state index contributed by atoms with van der Waals surface area (Å²) in [6, 6.07) is 3.13. The number of carbonyl (C=O) groups is 1. The van der Waals surface area contributed by atoms with Crippen molar-refractivity contribution < 1.29 is 17.6 Å². The van der Waals surface area contributed by atoms with E-state index in [1.54, 1.807) is 12.3 Å². The summed E-state index contributed by atoms with van der Waals surface area (Å²) in [4.78, 5) is 14.8. The topological polar surface area (TPSA) is 110 Å². The Morgan fingerprint density at radius 1 is 1.31 bits per heavy atom. The van der Waals surface area contributed by atoms with Gasteiger partial charge in [0, 0.05) is 12.6 Å². The number of hydrogen-bond acceptors (Lipinski definition) is 8. The molecule has 4 heterocycles. The number of nitrogens with zero attached hydrogens (tertiary/aromatic N) is 4. The number of amides is 1. The predicted molar refractivity (Wildman–Crippen MR) is 109 cm³/mol. The van der Waals surface area contributed by atoms with Crippen molar-refractivity contribution in [2.45, 2.75) is 43.6 Å². The smallest absolute Gasteiger partial charge is 0.230 e. The Hall–Kier alpha value is -1.85. The van der Waals surface area contributed by atoms with Gasteiger partial charge in [-0.15, -0.1) is 10.2 Å². The van der Waals surface area contributed by atoms with Crippen LogP contribution in [0.1, 0.15) is 19.8 Å². The van der Waals surface area contributed by atoms with Gasteiger partial charge in [0.25, 0.3) is 0 Å². The summed E-state index contributed by atoms with van der Waals surface area (Å²) in [7, 11) is -3.13. The molecule has 1 amide bonds. The number of furan rings is 1. The zero-order valence-electron chi connectivity index (χ0n) is 16.3. The van der Waals surface area contributed by atoms with Gasteiger partial charge in [0.2, 0.25) is 5.91 Å². The normalized spacial score (nSPS) is 24.2. The van der Waals surface area contributed by atoms with Gasteiger partial charge >= 0.3 is 0 Å². The van der Waals surface area contributed by atoms with Crippen molar-refractivity contribution in [1.82, 2.24) is 25.0 Å². The molecule has 0 radical (unpaired) electrons. The molecule has 2 aromatic rings. The Bertz CT molecular complexity index is 951. The van der Waals surface area contributed by atoms with E-state index in [0.29, 0.717) is 23.3 Å². The van der Waals surface area contributed by atoms with Gasteiger partial charge in [0.1, 0.15) is 0 Å². The fraction of sp³-hybridized carbons (Fsp3) is 0.611. The molecule has 2 atom stereocenters. The van der Waals surface area contributed by atoms with Crippen LogP contribution < -0.4 is 5.32 Å². The van der Waals surface area contributed by atoms with Crippen molar-refractivity contribution in [2.75, 3.05) is 30.3 Å². The summed E-state index contributed by atoms with van der Waals surface area (Å²) < 4.78 is 31.6. The van der Waals surface area contributed by atoms with Crippen LogP contribution in [0.25, 0.3) is 11.6 Å². The molecule has 0 aromatic carbocycles. The van der Waals surface area contributed by atoms with Gasteiger partial charge in [-0.3, -0.25) is 14.3 Å². The highest BCUT2D eigenvalue weighted by molar-refractivity contribution is 7.99. The highest BCUT2D eigenvalue weighted by Gasteiger charge is 2.42. The van der Waals surface area contributed by atoms with Crippen LogP contribution in [0.4, 0.5) is 0 Å². The second-order valence-corrected chi connectivity index (χ2v) is 10.5. The minimum Gasteiger partial charge on any atom is -0.461 e. The molecular formula is C18H25N5O4S2. The van der Waals surface area contributed by atoms with Crippen LogP contribution in [0.3, 0.4) is 0 Å². The molecule has 11 heteroatoms. The van der Waals surface area contributed by atoms with Crippen LogP contribution >= 0.6 is 11.8 Å². The molecule has 4 rings (SSSR count). The summed E-state index contributed by atoms with van der Waals surface area (Å²) in [5.74, 6) is 1.35. The summed E-state index contributed by atoms with van der Waals surface area (Å²) in [5, 5.41) is 11.9. The molecule has 2 fully saturated rings. The lowest BCUT2D eigenvalue weighted by atomic mass is 10.1. The van der Waals surface area contributed by atoms with E-state index in [-0.39, 0.29) is 35.2 Å². The first-order chi connectivity index (χ1) is 14.0. The third-order valence-electron chi connectivity index (χ3n) is 5.39. The molecule has 1 N–H and O–H groups in total. The van der Waals surface area contributed by atoms with E-state index in [0.717, 1.165) is 25.9 Å². The minimum absolute atomic E-state index is 0.0123. The fourth-order valence-electron chi connectivity index (χ4n) is 4.05. The van der Waals surface area contributed by atoms with Crippen molar-refractivity contribution in [1.29, 1.82) is 0 Å². The Labute approximate surface area is 174 Å². The van der Waals surface area contributed by atoms with Gasteiger partial charge in [-0.25, -0.2) is 8.42 Å². The molecular weight excluding hydrogens is 414 g/mol. The van der Waals surface area contributed by atoms with Crippen molar-refractivity contribution in [3.05, 3.63) is 18.4 Å². The van der Waals surface area contributed by atoms with E-state index >= 15 is 0 Å². The molecule has 9 nitrogen and oxygen atoms in total. The number of sulfone groups is 1. The van der Waals surface area contributed by atoms with Crippen molar-refractivity contribution in [3.8, 4) is 11.6 Å². The van der Waals surface area contributed by atoms with E-state index in [1.165, 1.54) is 11.8 Å². The van der Waals surface area contributed by atoms with Gasteiger partial charge in [0.05, 0.1) is 29.6 Å². The molecule has 0 saturated carbocycles. The van der Waals surface area contributed by atoms with Crippen molar-refractivity contribution >= 4 is 27.5 Å². The Kier molecular flexibility index (Phi) is 5.98. The van der Waals surface area contributed by atoms with Gasteiger partial charge in [0.15, 0.2) is 26.6 Å². The number of thioether (sulfide) groups is 1. The molecule has 2 aromatic heterocycles. The van der Waals surface area contributed by atoms with Gasteiger partial charge < -0.3 is 9.73 Å². The Morgan fingerprint density at radius 3 is 2.79 bits per heavy atom. The minimum atomic E-state index is -3.13. The maximum absolute atomic E-state index is 12.6.